The van der Waals surface area contributed by atoms with E-state index in [2.05, 4.69) is 32.6 Å². The molecule has 2 heteroatoms. The van der Waals surface area contributed by atoms with Gasteiger partial charge in [-0.1, -0.05) is 13.8 Å². The molecule has 0 aromatic rings. The third kappa shape index (κ3) is 1.84. The fourth-order valence-electron chi connectivity index (χ4n) is 4.49. The molecule has 3 fully saturated rings. The highest BCUT2D eigenvalue weighted by Crippen LogP contribution is 2.64. The van der Waals surface area contributed by atoms with Crippen molar-refractivity contribution >= 4 is 5.78 Å². The molecule has 1 heterocycles. The molecule has 2 aliphatic carbocycles. The lowest BCUT2D eigenvalue weighted by Gasteiger charge is -2.31. The Balaban J connectivity index is 1.83. The summed E-state index contributed by atoms with van der Waals surface area (Å²) in [5, 5.41) is 0. The van der Waals surface area contributed by atoms with E-state index in [-0.39, 0.29) is 12.0 Å². The molecular weight excluding hydrogens is 222 g/mol. The van der Waals surface area contributed by atoms with Crippen molar-refractivity contribution in [3.63, 3.8) is 0 Å². The first-order chi connectivity index (χ1) is 8.43. The highest BCUT2D eigenvalue weighted by molar-refractivity contribution is 5.86. The van der Waals surface area contributed by atoms with Gasteiger partial charge < -0.3 is 0 Å². The summed E-state index contributed by atoms with van der Waals surface area (Å²) < 4.78 is 0. The molecule has 3 rings (SSSR count). The van der Waals surface area contributed by atoms with Crippen LogP contribution in [-0.4, -0.2) is 29.3 Å². The minimum Gasteiger partial charge on any atom is -0.298 e. The molecule has 2 nitrogen and oxygen atoms in total. The first kappa shape index (κ1) is 12.7. The molecule has 1 spiro atoms. The number of hydrogen-bond acceptors (Lipinski definition) is 2. The van der Waals surface area contributed by atoms with E-state index in [0.29, 0.717) is 23.2 Å². The Morgan fingerprint density at radius 3 is 2.33 bits per heavy atom. The fourth-order valence-corrected chi connectivity index (χ4v) is 4.49. The molecule has 18 heavy (non-hydrogen) atoms. The van der Waals surface area contributed by atoms with Crippen LogP contribution in [-0.2, 0) is 4.79 Å². The second kappa shape index (κ2) is 4.06. The molecule has 3 aliphatic rings. The van der Waals surface area contributed by atoms with E-state index in [1.165, 1.54) is 32.2 Å². The standard InChI is InChI=1S/C16H27NO/c1-10(2)15(18)14-13-8-16(5-6-16)7-12(13)9-17(14)11(3)4/h10-14H,5-9H2,1-4H3/t12-,13-,14?/m0/s1. The monoisotopic (exact) mass is 249 g/mol. The number of hydrogen-bond donors (Lipinski definition) is 0. The van der Waals surface area contributed by atoms with Gasteiger partial charge in [0.25, 0.3) is 0 Å². The molecule has 0 bridgehead atoms. The summed E-state index contributed by atoms with van der Waals surface area (Å²) in [4.78, 5) is 15.1. The molecule has 0 aromatic carbocycles. The van der Waals surface area contributed by atoms with Crippen LogP contribution in [0.25, 0.3) is 0 Å². The summed E-state index contributed by atoms with van der Waals surface area (Å²) in [6.07, 6.45) is 5.61. The third-order valence-corrected chi connectivity index (χ3v) is 5.66. The minimum absolute atomic E-state index is 0.186. The number of likely N-dealkylation sites (tertiary alicyclic amines) is 1. The normalized spacial score (nSPS) is 37.8. The zero-order valence-electron chi connectivity index (χ0n) is 12.3. The van der Waals surface area contributed by atoms with Gasteiger partial charge in [0.05, 0.1) is 6.04 Å². The molecule has 1 unspecified atom stereocenters. The molecule has 0 radical (unpaired) electrons. The van der Waals surface area contributed by atoms with Crippen molar-refractivity contribution in [3.05, 3.63) is 0 Å². The predicted octanol–water partition coefficient (Wildman–Crippen LogP) is 3.11. The van der Waals surface area contributed by atoms with Crippen molar-refractivity contribution in [3.8, 4) is 0 Å². The molecular formula is C16H27NO. The highest BCUT2D eigenvalue weighted by atomic mass is 16.1. The van der Waals surface area contributed by atoms with Crippen LogP contribution < -0.4 is 0 Å². The van der Waals surface area contributed by atoms with Crippen LogP contribution in [0.5, 0.6) is 0 Å². The minimum atomic E-state index is 0.186. The first-order valence-corrected chi connectivity index (χ1v) is 7.73. The average Bonchev–Trinajstić information content (AvgIpc) is 2.78. The van der Waals surface area contributed by atoms with Crippen LogP contribution in [0.15, 0.2) is 0 Å². The summed E-state index contributed by atoms with van der Waals surface area (Å²) in [7, 11) is 0. The zero-order valence-corrected chi connectivity index (χ0v) is 12.3. The van der Waals surface area contributed by atoms with Crippen molar-refractivity contribution in [2.45, 2.75) is 65.5 Å². The summed E-state index contributed by atoms with van der Waals surface area (Å²) in [5.74, 6) is 2.16. The Morgan fingerprint density at radius 2 is 1.83 bits per heavy atom. The molecule has 0 amide bonds. The van der Waals surface area contributed by atoms with Crippen LogP contribution in [0.4, 0.5) is 0 Å². The van der Waals surface area contributed by atoms with E-state index in [0.717, 1.165) is 5.92 Å². The van der Waals surface area contributed by atoms with Crippen LogP contribution in [0.2, 0.25) is 0 Å². The van der Waals surface area contributed by atoms with Crippen molar-refractivity contribution < 1.29 is 4.79 Å². The molecule has 1 aliphatic heterocycles. The van der Waals surface area contributed by atoms with E-state index in [1.54, 1.807) is 0 Å². The summed E-state index contributed by atoms with van der Waals surface area (Å²) in [6.45, 7) is 9.79. The smallest absolute Gasteiger partial charge is 0.152 e. The fraction of sp³-hybridized carbons (Fsp3) is 0.938. The largest absolute Gasteiger partial charge is 0.298 e. The molecule has 2 saturated carbocycles. The van der Waals surface area contributed by atoms with Gasteiger partial charge in [-0.25, -0.2) is 0 Å². The SMILES string of the molecule is CC(C)C(=O)C1[C@H]2CC3(CC3)C[C@H]2CN1C(C)C. The molecule has 0 N–H and O–H groups in total. The Labute approximate surface area is 111 Å². The third-order valence-electron chi connectivity index (χ3n) is 5.66. The van der Waals surface area contributed by atoms with Crippen LogP contribution in [0, 0.1) is 23.2 Å². The van der Waals surface area contributed by atoms with E-state index in [1.807, 2.05) is 0 Å². The molecule has 0 aromatic heterocycles. The Kier molecular flexibility index (Phi) is 2.85. The van der Waals surface area contributed by atoms with Crippen LogP contribution in [0.3, 0.4) is 0 Å². The highest BCUT2D eigenvalue weighted by Gasteiger charge is 2.59. The van der Waals surface area contributed by atoms with Gasteiger partial charge in [0.1, 0.15) is 0 Å². The van der Waals surface area contributed by atoms with Crippen LogP contribution >= 0.6 is 0 Å². The second-order valence-corrected chi connectivity index (χ2v) is 7.62. The van der Waals surface area contributed by atoms with Gasteiger partial charge in [0, 0.05) is 18.5 Å². The van der Waals surface area contributed by atoms with Crippen molar-refractivity contribution in [2.24, 2.45) is 23.2 Å². The lowest BCUT2D eigenvalue weighted by molar-refractivity contribution is -0.128. The summed E-state index contributed by atoms with van der Waals surface area (Å²) in [6, 6.07) is 0.744. The van der Waals surface area contributed by atoms with Gasteiger partial charge in [-0.15, -0.1) is 0 Å². The molecule has 3 atom stereocenters. The van der Waals surface area contributed by atoms with Crippen molar-refractivity contribution in [1.29, 1.82) is 0 Å². The lowest BCUT2D eigenvalue weighted by Crippen LogP contribution is -2.45. The number of carbonyl (C=O) groups excluding carboxylic acids is 1. The van der Waals surface area contributed by atoms with Crippen molar-refractivity contribution in [2.75, 3.05) is 6.54 Å². The Morgan fingerprint density at radius 1 is 1.17 bits per heavy atom. The van der Waals surface area contributed by atoms with Crippen LogP contribution in [0.1, 0.15) is 53.4 Å². The van der Waals surface area contributed by atoms with Gasteiger partial charge in [0.15, 0.2) is 5.78 Å². The number of rotatable bonds is 3. The van der Waals surface area contributed by atoms with Crippen molar-refractivity contribution in [1.82, 2.24) is 4.90 Å². The maximum Gasteiger partial charge on any atom is 0.152 e. The number of carbonyl (C=O) groups is 1. The number of fused-ring (bicyclic) bond motifs is 1. The number of nitrogens with zero attached hydrogens (tertiary/aromatic N) is 1. The first-order valence-electron chi connectivity index (χ1n) is 7.73. The average molecular weight is 249 g/mol. The van der Waals surface area contributed by atoms with E-state index in [4.69, 9.17) is 0 Å². The maximum atomic E-state index is 12.6. The summed E-state index contributed by atoms with van der Waals surface area (Å²) in [5.41, 5.74) is 0.688. The topological polar surface area (TPSA) is 20.3 Å². The van der Waals surface area contributed by atoms with Gasteiger partial charge in [-0.3, -0.25) is 9.69 Å². The van der Waals surface area contributed by atoms with E-state index >= 15 is 0 Å². The Hall–Kier alpha value is -0.370. The lowest BCUT2D eigenvalue weighted by atomic mass is 9.87. The van der Waals surface area contributed by atoms with Gasteiger partial charge in [-0.2, -0.15) is 0 Å². The van der Waals surface area contributed by atoms with Gasteiger partial charge in [0.2, 0.25) is 0 Å². The molecule has 1 saturated heterocycles. The number of ketones is 1. The van der Waals surface area contributed by atoms with Gasteiger partial charge in [-0.05, 0) is 56.8 Å². The molecule has 102 valence electrons. The quantitative estimate of drug-likeness (QED) is 0.766. The Bertz CT molecular complexity index is 356. The zero-order chi connectivity index (χ0) is 13.1. The van der Waals surface area contributed by atoms with E-state index < -0.39 is 0 Å². The summed E-state index contributed by atoms with van der Waals surface area (Å²) >= 11 is 0. The predicted molar refractivity (Wildman–Crippen MR) is 73.4 cm³/mol. The maximum absolute atomic E-state index is 12.6. The second-order valence-electron chi connectivity index (χ2n) is 7.62. The van der Waals surface area contributed by atoms with E-state index in [9.17, 15) is 4.79 Å². The van der Waals surface area contributed by atoms with Gasteiger partial charge >= 0.3 is 0 Å². The number of Topliss-reactive ketones (excluding diaryl/α,β-unsaturated/α-hetero) is 1.